The highest BCUT2D eigenvalue weighted by molar-refractivity contribution is 7.92. The number of nitrogens with one attached hydrogen (secondary N) is 2. The normalized spacial score (nSPS) is 16.4. The smallest absolute Gasteiger partial charge is 0.264 e. The zero-order valence-corrected chi connectivity index (χ0v) is 17.4. The van der Waals surface area contributed by atoms with E-state index in [1.54, 1.807) is 29.7 Å². The van der Waals surface area contributed by atoms with Gasteiger partial charge >= 0.3 is 0 Å². The highest BCUT2D eigenvalue weighted by Gasteiger charge is 2.26. The number of hydrogen-bond donors (Lipinski definition) is 2. The first-order valence-corrected chi connectivity index (χ1v) is 11.6. The molecule has 10 heteroatoms. The third-order valence-electron chi connectivity index (χ3n) is 4.72. The molecule has 0 saturated carbocycles. The van der Waals surface area contributed by atoms with Gasteiger partial charge in [-0.1, -0.05) is 18.2 Å². The van der Waals surface area contributed by atoms with Crippen LogP contribution in [0.1, 0.15) is 16.8 Å². The molecule has 0 spiro atoms. The second-order valence-corrected chi connectivity index (χ2v) is 9.36. The Labute approximate surface area is 177 Å². The van der Waals surface area contributed by atoms with Crippen LogP contribution in [-0.2, 0) is 10.0 Å². The van der Waals surface area contributed by atoms with Crippen LogP contribution in [0.3, 0.4) is 0 Å². The van der Waals surface area contributed by atoms with Crippen LogP contribution in [0.25, 0.3) is 0 Å². The first-order chi connectivity index (χ1) is 14.4. The number of aromatic nitrogens is 1. The van der Waals surface area contributed by atoms with Gasteiger partial charge in [-0.2, -0.15) is 0 Å². The number of carbonyl (C=O) groups excluding carboxylic acids is 1. The lowest BCUT2D eigenvalue weighted by Crippen LogP contribution is -2.37. The largest absolute Gasteiger partial charge is 0.347 e. The summed E-state index contributed by atoms with van der Waals surface area (Å²) in [7, 11) is -4.11. The first kappa shape index (κ1) is 20.3. The minimum absolute atomic E-state index is 0.0276. The fourth-order valence-corrected chi connectivity index (χ4v) is 5.10. The fourth-order valence-electron chi connectivity index (χ4n) is 3.29. The maximum absolute atomic E-state index is 13.9. The molecule has 1 saturated heterocycles. The van der Waals surface area contributed by atoms with Crippen LogP contribution >= 0.6 is 11.3 Å². The number of rotatable bonds is 6. The van der Waals surface area contributed by atoms with Crippen LogP contribution in [0.4, 0.5) is 15.2 Å². The predicted molar refractivity (Wildman–Crippen MR) is 114 cm³/mol. The number of nitrogens with zero attached hydrogens (tertiary/aromatic N) is 2. The Kier molecular flexibility index (Phi) is 5.69. The molecule has 0 radical (unpaired) electrons. The molecule has 0 bridgehead atoms. The molecule has 4 rings (SSSR count). The molecule has 7 nitrogen and oxygen atoms in total. The Balaban J connectivity index is 1.43. The molecule has 2 N–H and O–H groups in total. The molecule has 1 aliphatic rings. The molecule has 1 unspecified atom stereocenters. The fraction of sp³-hybridized carbons (Fsp3) is 0.200. The number of sulfonamides is 1. The molecule has 1 atom stereocenters. The van der Waals surface area contributed by atoms with Gasteiger partial charge in [-0.25, -0.2) is 17.8 Å². The van der Waals surface area contributed by atoms with Gasteiger partial charge in [-0.05, 0) is 36.8 Å². The summed E-state index contributed by atoms with van der Waals surface area (Å²) in [6.07, 6.45) is 2.55. The van der Waals surface area contributed by atoms with Crippen molar-refractivity contribution in [3.8, 4) is 0 Å². The topological polar surface area (TPSA) is 91.4 Å². The lowest BCUT2D eigenvalue weighted by Gasteiger charge is -2.16. The van der Waals surface area contributed by atoms with Crippen molar-refractivity contribution < 1.29 is 17.6 Å². The van der Waals surface area contributed by atoms with Gasteiger partial charge in [0.25, 0.3) is 15.9 Å². The third-order valence-corrected chi connectivity index (χ3v) is 6.96. The molecule has 1 fully saturated rings. The summed E-state index contributed by atoms with van der Waals surface area (Å²) >= 11 is 1.55. The number of benzene rings is 2. The average molecular weight is 447 g/mol. The van der Waals surface area contributed by atoms with E-state index in [-0.39, 0.29) is 17.6 Å². The van der Waals surface area contributed by atoms with Crippen molar-refractivity contribution in [1.29, 1.82) is 0 Å². The average Bonchev–Trinajstić information content (AvgIpc) is 3.40. The summed E-state index contributed by atoms with van der Waals surface area (Å²) < 4.78 is 41.1. The van der Waals surface area contributed by atoms with Crippen molar-refractivity contribution in [2.24, 2.45) is 0 Å². The van der Waals surface area contributed by atoms with Gasteiger partial charge in [-0.3, -0.25) is 9.52 Å². The van der Waals surface area contributed by atoms with E-state index >= 15 is 0 Å². The summed E-state index contributed by atoms with van der Waals surface area (Å²) in [4.78, 5) is 18.6. The standard InChI is InChI=1S/C20H19FN4O3S2/c21-17-6-1-2-7-18(17)30(27,28)24-15-5-3-4-14(12-15)19(26)23-16-8-10-25(13-16)20-22-9-11-29-20/h1-7,9,11-12,16,24H,8,10,13H2,(H,23,26). The van der Waals surface area contributed by atoms with Crippen molar-refractivity contribution >= 4 is 38.1 Å². The minimum atomic E-state index is -4.11. The van der Waals surface area contributed by atoms with Crippen LogP contribution < -0.4 is 14.9 Å². The van der Waals surface area contributed by atoms with Crippen molar-refractivity contribution in [2.45, 2.75) is 17.4 Å². The van der Waals surface area contributed by atoms with Crippen molar-refractivity contribution in [3.63, 3.8) is 0 Å². The molecule has 1 aliphatic heterocycles. The summed E-state index contributed by atoms with van der Waals surface area (Å²) in [6, 6.07) is 11.2. The van der Waals surface area contributed by atoms with Crippen molar-refractivity contribution in [2.75, 3.05) is 22.7 Å². The van der Waals surface area contributed by atoms with Gasteiger partial charge in [0.1, 0.15) is 10.7 Å². The Bertz CT molecular complexity index is 1150. The summed E-state index contributed by atoms with van der Waals surface area (Å²) in [5.74, 6) is -1.14. The maximum atomic E-state index is 13.9. The molecule has 2 aromatic carbocycles. The second kappa shape index (κ2) is 8.41. The van der Waals surface area contributed by atoms with E-state index in [2.05, 4.69) is 19.9 Å². The molecular formula is C20H19FN4O3S2. The van der Waals surface area contributed by atoms with Crippen molar-refractivity contribution in [1.82, 2.24) is 10.3 Å². The van der Waals surface area contributed by atoms with Gasteiger partial charge < -0.3 is 10.2 Å². The number of carbonyl (C=O) groups is 1. The lowest BCUT2D eigenvalue weighted by molar-refractivity contribution is 0.0940. The highest BCUT2D eigenvalue weighted by Crippen LogP contribution is 2.23. The first-order valence-electron chi connectivity index (χ1n) is 9.25. The van der Waals surface area contributed by atoms with E-state index in [0.29, 0.717) is 12.1 Å². The van der Waals surface area contributed by atoms with Gasteiger partial charge in [0, 0.05) is 42.0 Å². The monoisotopic (exact) mass is 446 g/mol. The number of halogens is 1. The number of hydrogen-bond acceptors (Lipinski definition) is 6. The Morgan fingerprint density at radius 1 is 1.20 bits per heavy atom. The molecular weight excluding hydrogens is 427 g/mol. The van der Waals surface area contributed by atoms with Crippen LogP contribution in [0.15, 0.2) is 65.0 Å². The van der Waals surface area contributed by atoms with E-state index in [4.69, 9.17) is 0 Å². The third kappa shape index (κ3) is 4.44. The molecule has 1 aromatic heterocycles. The Morgan fingerprint density at radius 2 is 2.03 bits per heavy atom. The Morgan fingerprint density at radius 3 is 2.80 bits per heavy atom. The van der Waals surface area contributed by atoms with Crippen LogP contribution in [-0.4, -0.2) is 38.4 Å². The van der Waals surface area contributed by atoms with E-state index in [0.717, 1.165) is 24.2 Å². The van der Waals surface area contributed by atoms with Crippen LogP contribution in [0.2, 0.25) is 0 Å². The van der Waals surface area contributed by atoms with Gasteiger partial charge in [-0.15, -0.1) is 11.3 Å². The van der Waals surface area contributed by atoms with E-state index in [1.807, 2.05) is 5.38 Å². The summed E-state index contributed by atoms with van der Waals surface area (Å²) in [6.45, 7) is 1.47. The number of anilines is 2. The van der Waals surface area contributed by atoms with E-state index in [9.17, 15) is 17.6 Å². The summed E-state index contributed by atoms with van der Waals surface area (Å²) in [5.41, 5.74) is 0.498. The molecule has 3 aromatic rings. The molecule has 0 aliphatic carbocycles. The zero-order chi connectivity index (χ0) is 21.1. The lowest BCUT2D eigenvalue weighted by atomic mass is 10.1. The molecule has 1 amide bonds. The predicted octanol–water partition coefficient (Wildman–Crippen LogP) is 3.09. The minimum Gasteiger partial charge on any atom is -0.347 e. The number of amides is 1. The molecule has 2 heterocycles. The highest BCUT2D eigenvalue weighted by atomic mass is 32.2. The van der Waals surface area contributed by atoms with Gasteiger partial charge in [0.15, 0.2) is 5.13 Å². The number of thiazole rings is 1. The quantitative estimate of drug-likeness (QED) is 0.607. The van der Waals surface area contributed by atoms with E-state index < -0.39 is 20.7 Å². The maximum Gasteiger partial charge on any atom is 0.264 e. The van der Waals surface area contributed by atoms with E-state index in [1.165, 1.54) is 30.3 Å². The second-order valence-electron chi connectivity index (χ2n) is 6.84. The molecule has 156 valence electrons. The SMILES string of the molecule is O=C(NC1CCN(c2nccs2)C1)c1cccc(NS(=O)(=O)c2ccccc2F)c1. The van der Waals surface area contributed by atoms with Crippen LogP contribution in [0, 0.1) is 5.82 Å². The zero-order valence-electron chi connectivity index (χ0n) is 15.8. The molecule has 30 heavy (non-hydrogen) atoms. The van der Waals surface area contributed by atoms with Crippen LogP contribution in [0.5, 0.6) is 0 Å². The Hall–Kier alpha value is -2.98. The van der Waals surface area contributed by atoms with Gasteiger partial charge in [0.05, 0.1) is 0 Å². The van der Waals surface area contributed by atoms with Crippen molar-refractivity contribution in [3.05, 3.63) is 71.5 Å². The van der Waals surface area contributed by atoms with Gasteiger partial charge in [0.2, 0.25) is 0 Å². The summed E-state index contributed by atoms with van der Waals surface area (Å²) in [5, 5.41) is 5.82.